The monoisotopic (exact) mass is 358 g/mol. The molecule has 24 heavy (non-hydrogen) atoms. The maximum atomic E-state index is 4.64. The van der Waals surface area contributed by atoms with E-state index in [4.69, 9.17) is 0 Å². The van der Waals surface area contributed by atoms with Crippen LogP contribution in [0, 0.1) is 0 Å². The minimum absolute atomic E-state index is 0.466. The predicted molar refractivity (Wildman–Crippen MR) is 96.7 cm³/mol. The third-order valence-electron chi connectivity index (χ3n) is 4.06. The first-order valence-electron chi connectivity index (χ1n) is 8.05. The van der Waals surface area contributed by atoms with Gasteiger partial charge in [0.2, 0.25) is 5.16 Å². The Morgan fingerprint density at radius 2 is 2.04 bits per heavy atom. The van der Waals surface area contributed by atoms with E-state index >= 15 is 0 Å². The molecule has 1 N–H and O–H groups in total. The molecule has 0 unspecified atom stereocenters. The Hall–Kier alpha value is -1.93. The second-order valence-electron chi connectivity index (χ2n) is 5.77. The maximum Gasteiger partial charge on any atom is 0.209 e. The van der Waals surface area contributed by atoms with E-state index in [1.165, 1.54) is 25.7 Å². The molecule has 0 spiro atoms. The van der Waals surface area contributed by atoms with Crippen LogP contribution in [0.1, 0.15) is 37.4 Å². The van der Waals surface area contributed by atoms with Gasteiger partial charge in [0.1, 0.15) is 0 Å². The first-order chi connectivity index (χ1) is 11.9. The summed E-state index contributed by atoms with van der Waals surface area (Å²) in [6.45, 7) is 0. The SMILES string of the molecule is c1ccc(Nc2nc(CSc3nnnn3C3CCCC3)cs2)cc1. The first-order valence-corrected chi connectivity index (χ1v) is 9.92. The summed E-state index contributed by atoms with van der Waals surface area (Å²) >= 11 is 3.27. The van der Waals surface area contributed by atoms with Crippen LogP contribution < -0.4 is 5.32 Å². The summed E-state index contributed by atoms with van der Waals surface area (Å²) in [6, 6.07) is 10.6. The summed E-state index contributed by atoms with van der Waals surface area (Å²) in [7, 11) is 0. The molecule has 2 heterocycles. The van der Waals surface area contributed by atoms with Crippen LogP contribution in [0.25, 0.3) is 0 Å². The zero-order chi connectivity index (χ0) is 16.2. The van der Waals surface area contributed by atoms with E-state index in [-0.39, 0.29) is 0 Å². The Kier molecular flexibility index (Phi) is 4.75. The third kappa shape index (κ3) is 3.59. The summed E-state index contributed by atoms with van der Waals surface area (Å²) < 4.78 is 1.99. The van der Waals surface area contributed by atoms with Gasteiger partial charge in [-0.3, -0.25) is 0 Å². The van der Waals surface area contributed by atoms with Gasteiger partial charge in [-0.15, -0.1) is 16.4 Å². The molecule has 1 fully saturated rings. The van der Waals surface area contributed by atoms with Gasteiger partial charge in [-0.1, -0.05) is 42.8 Å². The average Bonchev–Trinajstić information content (AvgIpc) is 3.35. The van der Waals surface area contributed by atoms with Crippen molar-refractivity contribution in [2.45, 2.75) is 42.6 Å². The lowest BCUT2D eigenvalue weighted by atomic mass is 10.3. The van der Waals surface area contributed by atoms with Crippen molar-refractivity contribution in [1.29, 1.82) is 0 Å². The van der Waals surface area contributed by atoms with Crippen molar-refractivity contribution in [3.05, 3.63) is 41.4 Å². The molecule has 4 rings (SSSR count). The molecule has 2 aromatic heterocycles. The molecule has 0 saturated heterocycles. The van der Waals surface area contributed by atoms with Crippen LogP contribution in [0.2, 0.25) is 0 Å². The first kappa shape index (κ1) is 15.6. The second-order valence-corrected chi connectivity index (χ2v) is 7.57. The molecule has 8 heteroatoms. The minimum atomic E-state index is 0.466. The van der Waals surface area contributed by atoms with Crippen LogP contribution in [0.15, 0.2) is 40.9 Å². The van der Waals surface area contributed by atoms with Crippen LogP contribution in [0.3, 0.4) is 0 Å². The lowest BCUT2D eigenvalue weighted by Crippen LogP contribution is -2.08. The smallest absolute Gasteiger partial charge is 0.209 e. The summed E-state index contributed by atoms with van der Waals surface area (Å²) in [5.41, 5.74) is 2.10. The Morgan fingerprint density at radius 3 is 2.88 bits per heavy atom. The fourth-order valence-corrected chi connectivity index (χ4v) is 4.55. The Bertz CT molecular complexity index is 779. The molecule has 0 aliphatic heterocycles. The second kappa shape index (κ2) is 7.31. The highest BCUT2D eigenvalue weighted by Crippen LogP contribution is 2.32. The molecule has 3 aromatic rings. The highest BCUT2D eigenvalue weighted by molar-refractivity contribution is 7.98. The highest BCUT2D eigenvalue weighted by atomic mass is 32.2. The number of aromatic nitrogens is 5. The van der Waals surface area contributed by atoms with Crippen molar-refractivity contribution >= 4 is 33.9 Å². The van der Waals surface area contributed by atoms with E-state index in [0.29, 0.717) is 6.04 Å². The van der Waals surface area contributed by atoms with Gasteiger partial charge >= 0.3 is 0 Å². The quantitative estimate of drug-likeness (QED) is 0.663. The molecule has 0 radical (unpaired) electrons. The molecule has 0 atom stereocenters. The highest BCUT2D eigenvalue weighted by Gasteiger charge is 2.21. The van der Waals surface area contributed by atoms with Crippen LogP contribution >= 0.6 is 23.1 Å². The van der Waals surface area contributed by atoms with E-state index in [9.17, 15) is 0 Å². The zero-order valence-electron chi connectivity index (χ0n) is 13.1. The van der Waals surface area contributed by atoms with Crippen molar-refractivity contribution in [2.75, 3.05) is 5.32 Å². The fraction of sp³-hybridized carbons (Fsp3) is 0.375. The normalized spacial score (nSPS) is 15.0. The van der Waals surface area contributed by atoms with E-state index < -0.39 is 0 Å². The molecule has 1 aromatic carbocycles. The number of thioether (sulfide) groups is 1. The number of thiazole rings is 1. The number of hydrogen-bond donors (Lipinski definition) is 1. The molecule has 6 nitrogen and oxygen atoms in total. The molecule has 1 aliphatic rings. The zero-order valence-corrected chi connectivity index (χ0v) is 14.8. The average molecular weight is 358 g/mol. The van der Waals surface area contributed by atoms with Crippen LogP contribution in [-0.2, 0) is 5.75 Å². The maximum absolute atomic E-state index is 4.64. The summed E-state index contributed by atoms with van der Waals surface area (Å²) in [4.78, 5) is 4.64. The largest absolute Gasteiger partial charge is 0.332 e. The van der Waals surface area contributed by atoms with E-state index in [2.05, 4.69) is 31.2 Å². The topological polar surface area (TPSA) is 68.5 Å². The number of para-hydroxylation sites is 1. The number of nitrogens with zero attached hydrogens (tertiary/aromatic N) is 5. The van der Waals surface area contributed by atoms with Crippen molar-refractivity contribution in [2.24, 2.45) is 0 Å². The van der Waals surface area contributed by atoms with Gasteiger partial charge in [-0.05, 0) is 35.4 Å². The number of hydrogen-bond acceptors (Lipinski definition) is 7. The fourth-order valence-electron chi connectivity index (χ4n) is 2.87. The molecule has 1 saturated carbocycles. The van der Waals surface area contributed by atoms with Crippen LogP contribution in [-0.4, -0.2) is 25.2 Å². The molecule has 1 aliphatic carbocycles. The van der Waals surface area contributed by atoms with E-state index in [1.807, 2.05) is 35.0 Å². The molecular formula is C16H18N6S2. The van der Waals surface area contributed by atoms with Gasteiger partial charge in [0, 0.05) is 16.8 Å². The van der Waals surface area contributed by atoms with Gasteiger partial charge in [-0.2, -0.15) is 0 Å². The Labute approximate surface area is 148 Å². The van der Waals surface area contributed by atoms with Crippen molar-refractivity contribution < 1.29 is 0 Å². The summed E-state index contributed by atoms with van der Waals surface area (Å²) in [5.74, 6) is 0.778. The third-order valence-corrected chi connectivity index (χ3v) is 5.83. The lowest BCUT2D eigenvalue weighted by Gasteiger charge is -2.10. The van der Waals surface area contributed by atoms with Crippen LogP contribution in [0.4, 0.5) is 10.8 Å². The number of rotatable bonds is 6. The Morgan fingerprint density at radius 1 is 1.21 bits per heavy atom. The van der Waals surface area contributed by atoms with E-state index in [1.54, 1.807) is 23.1 Å². The van der Waals surface area contributed by atoms with Gasteiger partial charge in [0.15, 0.2) is 5.13 Å². The van der Waals surface area contributed by atoms with Crippen molar-refractivity contribution in [3.63, 3.8) is 0 Å². The van der Waals surface area contributed by atoms with Gasteiger partial charge in [0.25, 0.3) is 0 Å². The molecule has 124 valence electrons. The van der Waals surface area contributed by atoms with Gasteiger partial charge in [-0.25, -0.2) is 9.67 Å². The predicted octanol–water partition coefficient (Wildman–Crippen LogP) is 4.28. The van der Waals surface area contributed by atoms with Gasteiger partial charge in [0.05, 0.1) is 11.7 Å². The number of nitrogens with one attached hydrogen (secondary N) is 1. The summed E-state index contributed by atoms with van der Waals surface area (Å²) in [6.07, 6.45) is 4.91. The standard InChI is InChI=1S/C16H18N6S2/c1-2-6-12(7-3-1)17-15-18-13(10-23-15)11-24-16-19-20-21-22(16)14-8-4-5-9-14/h1-3,6-7,10,14H,4-5,8-9,11H2,(H,17,18). The Balaban J connectivity index is 1.38. The van der Waals surface area contributed by atoms with Crippen LogP contribution in [0.5, 0.6) is 0 Å². The lowest BCUT2D eigenvalue weighted by molar-refractivity contribution is 0.423. The number of anilines is 2. The molecule has 0 bridgehead atoms. The van der Waals surface area contributed by atoms with Gasteiger partial charge < -0.3 is 5.32 Å². The number of tetrazole rings is 1. The summed E-state index contributed by atoms with van der Waals surface area (Å²) in [5, 5.41) is 19.4. The van der Waals surface area contributed by atoms with Crippen molar-refractivity contribution in [1.82, 2.24) is 25.2 Å². The van der Waals surface area contributed by atoms with Crippen molar-refractivity contribution in [3.8, 4) is 0 Å². The van der Waals surface area contributed by atoms with E-state index in [0.717, 1.165) is 27.4 Å². The molecular weight excluding hydrogens is 340 g/mol. The number of benzene rings is 1. The minimum Gasteiger partial charge on any atom is -0.332 e. The molecule has 0 amide bonds.